The highest BCUT2D eigenvalue weighted by Crippen LogP contribution is 2.40. The van der Waals surface area contributed by atoms with E-state index in [-0.39, 0.29) is 0 Å². The molecular formula is C19H14Cl2O. The average Bonchev–Trinajstić information content (AvgIpc) is 2.54. The van der Waals surface area contributed by atoms with Crippen LogP contribution in [-0.2, 0) is 0 Å². The summed E-state index contributed by atoms with van der Waals surface area (Å²) in [6.45, 7) is 0. The third-order valence-electron chi connectivity index (χ3n) is 3.50. The Hall–Kier alpha value is -1.96. The molecule has 3 aromatic carbocycles. The first-order valence-corrected chi connectivity index (χ1v) is 7.63. The van der Waals surface area contributed by atoms with Gasteiger partial charge in [-0.3, -0.25) is 0 Å². The molecule has 3 aromatic rings. The van der Waals surface area contributed by atoms with Crippen LogP contribution in [0, 0.1) is 0 Å². The molecular weight excluding hydrogens is 315 g/mol. The van der Waals surface area contributed by atoms with E-state index in [2.05, 4.69) is 6.07 Å². The molecule has 3 rings (SSSR count). The summed E-state index contributed by atoms with van der Waals surface area (Å²) < 4.78 is 5.56. The summed E-state index contributed by atoms with van der Waals surface area (Å²) in [6, 6.07) is 21.5. The quantitative estimate of drug-likeness (QED) is 0.545. The van der Waals surface area contributed by atoms with Crippen molar-refractivity contribution in [2.45, 2.75) is 0 Å². The molecule has 0 fully saturated rings. The molecule has 0 spiro atoms. The van der Waals surface area contributed by atoms with Gasteiger partial charge in [-0.05, 0) is 47.0 Å². The highest BCUT2D eigenvalue weighted by atomic mass is 35.5. The number of benzene rings is 3. The van der Waals surface area contributed by atoms with Crippen LogP contribution in [0.2, 0.25) is 10.0 Å². The van der Waals surface area contributed by atoms with Gasteiger partial charge >= 0.3 is 0 Å². The van der Waals surface area contributed by atoms with Crippen LogP contribution in [0.5, 0.6) is 5.75 Å². The molecule has 0 bridgehead atoms. The summed E-state index contributed by atoms with van der Waals surface area (Å²) in [5.41, 5.74) is 4.13. The summed E-state index contributed by atoms with van der Waals surface area (Å²) in [7, 11) is 1.67. The third kappa shape index (κ3) is 2.96. The fourth-order valence-electron chi connectivity index (χ4n) is 2.54. The minimum atomic E-state index is 0.695. The van der Waals surface area contributed by atoms with Crippen molar-refractivity contribution < 1.29 is 4.74 Å². The number of hydrogen-bond donors (Lipinski definition) is 0. The van der Waals surface area contributed by atoms with Gasteiger partial charge in [0.1, 0.15) is 5.75 Å². The first kappa shape index (κ1) is 15.0. The standard InChI is InChI=1S/C19H14Cl2O/c1-22-18-10-4-9-17(13-5-2-7-15(20)11-13)19(18)14-6-3-8-16(21)12-14/h2-12H,1H3. The minimum Gasteiger partial charge on any atom is -0.496 e. The van der Waals surface area contributed by atoms with E-state index in [0.717, 1.165) is 28.0 Å². The highest BCUT2D eigenvalue weighted by molar-refractivity contribution is 6.31. The van der Waals surface area contributed by atoms with Crippen LogP contribution in [0.1, 0.15) is 0 Å². The van der Waals surface area contributed by atoms with Crippen molar-refractivity contribution in [1.29, 1.82) is 0 Å². The summed E-state index contributed by atoms with van der Waals surface area (Å²) in [5.74, 6) is 0.805. The Morgan fingerprint density at radius 3 is 1.95 bits per heavy atom. The lowest BCUT2D eigenvalue weighted by molar-refractivity contribution is 0.416. The lowest BCUT2D eigenvalue weighted by Gasteiger charge is -2.15. The van der Waals surface area contributed by atoms with Crippen LogP contribution in [-0.4, -0.2) is 7.11 Å². The van der Waals surface area contributed by atoms with Crippen LogP contribution >= 0.6 is 23.2 Å². The van der Waals surface area contributed by atoms with Crippen molar-refractivity contribution in [2.75, 3.05) is 7.11 Å². The molecule has 0 saturated carbocycles. The van der Waals surface area contributed by atoms with Gasteiger partial charge in [0.05, 0.1) is 7.11 Å². The zero-order chi connectivity index (χ0) is 15.5. The minimum absolute atomic E-state index is 0.695. The molecule has 0 unspecified atom stereocenters. The number of halogens is 2. The van der Waals surface area contributed by atoms with Gasteiger partial charge in [-0.25, -0.2) is 0 Å². The van der Waals surface area contributed by atoms with Gasteiger partial charge in [-0.1, -0.05) is 59.6 Å². The van der Waals surface area contributed by atoms with Gasteiger partial charge in [0, 0.05) is 15.6 Å². The summed E-state index contributed by atoms with van der Waals surface area (Å²) >= 11 is 12.3. The highest BCUT2D eigenvalue weighted by Gasteiger charge is 2.13. The van der Waals surface area contributed by atoms with Crippen LogP contribution in [0.3, 0.4) is 0 Å². The van der Waals surface area contributed by atoms with Gasteiger partial charge in [0.15, 0.2) is 0 Å². The fourth-order valence-corrected chi connectivity index (χ4v) is 2.92. The zero-order valence-corrected chi connectivity index (χ0v) is 13.5. The third-order valence-corrected chi connectivity index (χ3v) is 3.97. The van der Waals surface area contributed by atoms with E-state index in [1.807, 2.05) is 60.7 Å². The topological polar surface area (TPSA) is 9.23 Å². The zero-order valence-electron chi connectivity index (χ0n) is 12.0. The van der Waals surface area contributed by atoms with Gasteiger partial charge in [-0.2, -0.15) is 0 Å². The van der Waals surface area contributed by atoms with E-state index < -0.39 is 0 Å². The Morgan fingerprint density at radius 2 is 1.32 bits per heavy atom. The van der Waals surface area contributed by atoms with Crippen molar-refractivity contribution in [2.24, 2.45) is 0 Å². The molecule has 0 radical (unpaired) electrons. The van der Waals surface area contributed by atoms with Crippen molar-refractivity contribution >= 4 is 23.2 Å². The van der Waals surface area contributed by atoms with Gasteiger partial charge < -0.3 is 4.74 Å². The normalized spacial score (nSPS) is 10.5. The first-order valence-electron chi connectivity index (χ1n) is 6.88. The van der Waals surface area contributed by atoms with E-state index in [9.17, 15) is 0 Å². The molecule has 110 valence electrons. The maximum atomic E-state index is 6.15. The molecule has 0 aliphatic heterocycles. The molecule has 0 atom stereocenters. The van der Waals surface area contributed by atoms with E-state index in [1.165, 1.54) is 0 Å². The van der Waals surface area contributed by atoms with Crippen molar-refractivity contribution in [1.82, 2.24) is 0 Å². The molecule has 0 aliphatic carbocycles. The van der Waals surface area contributed by atoms with Gasteiger partial charge in [0.2, 0.25) is 0 Å². The maximum Gasteiger partial charge on any atom is 0.127 e. The van der Waals surface area contributed by atoms with Crippen molar-refractivity contribution in [3.05, 3.63) is 76.8 Å². The predicted molar refractivity (Wildman–Crippen MR) is 93.9 cm³/mol. The smallest absolute Gasteiger partial charge is 0.127 e. The van der Waals surface area contributed by atoms with Crippen molar-refractivity contribution in [3.8, 4) is 28.0 Å². The molecule has 22 heavy (non-hydrogen) atoms. The van der Waals surface area contributed by atoms with E-state index >= 15 is 0 Å². The Balaban J connectivity index is 2.27. The Bertz CT molecular complexity index is 812. The molecule has 0 aromatic heterocycles. The van der Waals surface area contributed by atoms with E-state index in [1.54, 1.807) is 7.11 Å². The largest absolute Gasteiger partial charge is 0.496 e. The maximum absolute atomic E-state index is 6.15. The molecule has 0 heterocycles. The number of methoxy groups -OCH3 is 1. The lowest BCUT2D eigenvalue weighted by atomic mass is 9.94. The summed E-state index contributed by atoms with van der Waals surface area (Å²) in [6.07, 6.45) is 0. The fraction of sp³-hybridized carbons (Fsp3) is 0.0526. The lowest BCUT2D eigenvalue weighted by Crippen LogP contribution is -1.91. The average molecular weight is 329 g/mol. The van der Waals surface area contributed by atoms with E-state index in [4.69, 9.17) is 27.9 Å². The SMILES string of the molecule is COc1cccc(-c2cccc(Cl)c2)c1-c1cccc(Cl)c1. The second-order valence-corrected chi connectivity index (χ2v) is 5.78. The van der Waals surface area contributed by atoms with Gasteiger partial charge in [0.25, 0.3) is 0 Å². The van der Waals surface area contributed by atoms with Crippen LogP contribution < -0.4 is 4.74 Å². The summed E-state index contributed by atoms with van der Waals surface area (Å²) in [4.78, 5) is 0. The molecule has 0 saturated heterocycles. The number of hydrogen-bond acceptors (Lipinski definition) is 1. The van der Waals surface area contributed by atoms with E-state index in [0.29, 0.717) is 10.0 Å². The molecule has 3 heteroatoms. The number of ether oxygens (including phenoxy) is 1. The molecule has 0 N–H and O–H groups in total. The van der Waals surface area contributed by atoms with Crippen LogP contribution in [0.15, 0.2) is 66.7 Å². The van der Waals surface area contributed by atoms with Crippen LogP contribution in [0.25, 0.3) is 22.3 Å². The second kappa shape index (κ2) is 6.43. The molecule has 0 aliphatic rings. The Morgan fingerprint density at radius 1 is 0.727 bits per heavy atom. The predicted octanol–water partition coefficient (Wildman–Crippen LogP) is 6.34. The first-order chi connectivity index (χ1) is 10.7. The second-order valence-electron chi connectivity index (χ2n) is 4.90. The van der Waals surface area contributed by atoms with Crippen LogP contribution in [0.4, 0.5) is 0 Å². The number of rotatable bonds is 3. The van der Waals surface area contributed by atoms with Gasteiger partial charge in [-0.15, -0.1) is 0 Å². The monoisotopic (exact) mass is 328 g/mol. The molecule has 1 nitrogen and oxygen atoms in total. The summed E-state index contributed by atoms with van der Waals surface area (Å²) in [5, 5.41) is 1.40. The Kier molecular flexibility index (Phi) is 4.37. The molecule has 0 amide bonds. The Labute approximate surface area is 140 Å². The van der Waals surface area contributed by atoms with Crippen molar-refractivity contribution in [3.63, 3.8) is 0 Å².